The zero-order chi connectivity index (χ0) is 10.8. The van der Waals surface area contributed by atoms with Gasteiger partial charge in [-0.3, -0.25) is 4.72 Å². The van der Waals surface area contributed by atoms with E-state index >= 15 is 0 Å². The molecule has 0 spiro atoms. The fourth-order valence-electron chi connectivity index (χ4n) is 0.966. The Kier molecular flexibility index (Phi) is 3.39. The summed E-state index contributed by atoms with van der Waals surface area (Å²) < 4.78 is 24.9. The molecule has 1 N–H and O–H groups in total. The smallest absolute Gasteiger partial charge is 0.232 e. The highest BCUT2D eigenvalue weighted by Crippen LogP contribution is 2.25. The van der Waals surface area contributed by atoms with Crippen LogP contribution in [-0.4, -0.2) is 14.2 Å². The van der Waals surface area contributed by atoms with Gasteiger partial charge in [-0.2, -0.15) is 0 Å². The average molecular weight is 234 g/mol. The third-order valence-electron chi connectivity index (χ3n) is 1.84. The van der Waals surface area contributed by atoms with Crippen LogP contribution in [0.5, 0.6) is 0 Å². The van der Waals surface area contributed by atoms with Gasteiger partial charge in [0.1, 0.15) is 0 Å². The van der Waals surface area contributed by atoms with Gasteiger partial charge in [-0.05, 0) is 25.5 Å². The first-order valence-corrected chi connectivity index (χ1v) is 6.25. The highest BCUT2D eigenvalue weighted by atomic mass is 35.5. The summed E-state index contributed by atoms with van der Waals surface area (Å²) in [7, 11) is -3.25. The lowest BCUT2D eigenvalue weighted by Gasteiger charge is -2.08. The number of halogens is 1. The first-order valence-electron chi connectivity index (χ1n) is 4.22. The molecule has 0 heterocycles. The fourth-order valence-corrected chi connectivity index (χ4v) is 1.84. The maximum absolute atomic E-state index is 11.3. The molecule has 0 unspecified atom stereocenters. The van der Waals surface area contributed by atoms with Crippen molar-refractivity contribution in [3.05, 3.63) is 28.8 Å². The molecule has 5 heteroatoms. The van der Waals surface area contributed by atoms with Crippen molar-refractivity contribution in [3.8, 4) is 0 Å². The number of aryl methyl sites for hydroxylation is 1. The molecule has 1 aromatic carbocycles. The fraction of sp³-hybridized carbons (Fsp3) is 0.333. The van der Waals surface area contributed by atoms with Gasteiger partial charge in [0, 0.05) is 0 Å². The molecule has 0 amide bonds. The van der Waals surface area contributed by atoms with Crippen LogP contribution in [0.4, 0.5) is 5.69 Å². The molecular weight excluding hydrogens is 222 g/mol. The topological polar surface area (TPSA) is 46.2 Å². The van der Waals surface area contributed by atoms with Crippen molar-refractivity contribution in [2.75, 3.05) is 10.5 Å². The van der Waals surface area contributed by atoms with Crippen molar-refractivity contribution in [2.24, 2.45) is 0 Å². The molecule has 1 rings (SSSR count). The summed E-state index contributed by atoms with van der Waals surface area (Å²) in [6, 6.07) is 5.23. The lowest BCUT2D eigenvalue weighted by atomic mass is 10.2. The molecule has 14 heavy (non-hydrogen) atoms. The number of rotatable bonds is 3. The van der Waals surface area contributed by atoms with Gasteiger partial charge < -0.3 is 0 Å². The number of sulfonamides is 1. The summed E-state index contributed by atoms with van der Waals surface area (Å²) in [5.41, 5.74) is 1.29. The van der Waals surface area contributed by atoms with E-state index < -0.39 is 10.0 Å². The Labute approximate surface area is 89.1 Å². The second kappa shape index (κ2) is 4.19. The van der Waals surface area contributed by atoms with Crippen LogP contribution in [0.15, 0.2) is 18.2 Å². The molecule has 0 aliphatic carbocycles. The van der Waals surface area contributed by atoms with Gasteiger partial charge in [0.05, 0.1) is 16.5 Å². The number of hydrogen-bond acceptors (Lipinski definition) is 2. The summed E-state index contributed by atoms with van der Waals surface area (Å²) in [5, 5.41) is 0.449. The maximum atomic E-state index is 11.3. The summed E-state index contributed by atoms with van der Waals surface area (Å²) in [4.78, 5) is 0. The number of anilines is 1. The van der Waals surface area contributed by atoms with Crippen molar-refractivity contribution in [1.82, 2.24) is 0 Å². The van der Waals surface area contributed by atoms with E-state index in [1.165, 1.54) is 0 Å². The molecule has 0 radical (unpaired) electrons. The van der Waals surface area contributed by atoms with Gasteiger partial charge in [-0.25, -0.2) is 8.42 Å². The molecule has 3 nitrogen and oxygen atoms in total. The Balaban J connectivity index is 3.05. The monoisotopic (exact) mass is 233 g/mol. The van der Waals surface area contributed by atoms with E-state index in [0.29, 0.717) is 10.7 Å². The number of benzene rings is 1. The summed E-state index contributed by atoms with van der Waals surface area (Å²) in [6.07, 6.45) is 0. The standard InChI is InChI=1S/C9H12ClNO2S/c1-3-14(12,13)11-8-6-4-5-7(2)9(8)10/h4-6,11H,3H2,1-2H3. The SMILES string of the molecule is CCS(=O)(=O)Nc1cccc(C)c1Cl. The normalized spacial score (nSPS) is 11.4. The molecular formula is C9H12ClNO2S. The Morgan fingerprint density at radius 3 is 2.64 bits per heavy atom. The third-order valence-corrected chi connectivity index (χ3v) is 3.63. The zero-order valence-corrected chi connectivity index (χ0v) is 9.61. The minimum absolute atomic E-state index is 0.0390. The highest BCUT2D eigenvalue weighted by Gasteiger charge is 2.10. The summed E-state index contributed by atoms with van der Waals surface area (Å²) in [5.74, 6) is 0.0390. The van der Waals surface area contributed by atoms with Gasteiger partial charge in [0.25, 0.3) is 0 Å². The molecule has 0 bridgehead atoms. The predicted molar refractivity (Wildman–Crippen MR) is 59.3 cm³/mol. The Hall–Kier alpha value is -0.740. The molecule has 0 aliphatic rings. The molecule has 0 fully saturated rings. The molecule has 78 valence electrons. The van der Waals surface area contributed by atoms with Gasteiger partial charge in [0.2, 0.25) is 10.0 Å². The quantitative estimate of drug-likeness (QED) is 0.872. The second-order valence-corrected chi connectivity index (χ2v) is 5.33. The van der Waals surface area contributed by atoms with Crippen molar-refractivity contribution in [3.63, 3.8) is 0 Å². The van der Waals surface area contributed by atoms with Gasteiger partial charge in [-0.1, -0.05) is 23.7 Å². The van der Waals surface area contributed by atoms with Crippen molar-refractivity contribution < 1.29 is 8.42 Å². The molecule has 0 aliphatic heterocycles. The van der Waals surface area contributed by atoms with Crippen LogP contribution in [0.2, 0.25) is 5.02 Å². The van der Waals surface area contributed by atoms with Crippen LogP contribution in [0.1, 0.15) is 12.5 Å². The van der Waals surface area contributed by atoms with E-state index in [2.05, 4.69) is 4.72 Å². The van der Waals surface area contributed by atoms with Gasteiger partial charge in [-0.15, -0.1) is 0 Å². The van der Waals surface area contributed by atoms with Crippen LogP contribution in [0.3, 0.4) is 0 Å². The predicted octanol–water partition coefficient (Wildman–Crippen LogP) is 2.41. The average Bonchev–Trinajstić information content (AvgIpc) is 2.13. The first kappa shape index (κ1) is 11.3. The Morgan fingerprint density at radius 2 is 2.07 bits per heavy atom. The van der Waals surface area contributed by atoms with E-state index in [-0.39, 0.29) is 5.75 Å². The van der Waals surface area contributed by atoms with Crippen molar-refractivity contribution in [1.29, 1.82) is 0 Å². The minimum atomic E-state index is -3.25. The maximum Gasteiger partial charge on any atom is 0.232 e. The molecule has 0 atom stereocenters. The Bertz CT molecular complexity index is 428. The van der Waals surface area contributed by atoms with Crippen LogP contribution in [-0.2, 0) is 10.0 Å². The molecule has 1 aromatic rings. The van der Waals surface area contributed by atoms with Crippen LogP contribution >= 0.6 is 11.6 Å². The second-order valence-electron chi connectivity index (χ2n) is 2.94. The molecule has 0 aromatic heterocycles. The van der Waals surface area contributed by atoms with Gasteiger partial charge in [0.15, 0.2) is 0 Å². The largest absolute Gasteiger partial charge is 0.282 e. The summed E-state index contributed by atoms with van der Waals surface area (Å²) >= 11 is 5.93. The van der Waals surface area contributed by atoms with Gasteiger partial charge >= 0.3 is 0 Å². The van der Waals surface area contributed by atoms with E-state index in [1.807, 2.05) is 13.0 Å². The number of hydrogen-bond donors (Lipinski definition) is 1. The Morgan fingerprint density at radius 1 is 1.43 bits per heavy atom. The highest BCUT2D eigenvalue weighted by molar-refractivity contribution is 7.92. The number of nitrogens with one attached hydrogen (secondary N) is 1. The van der Waals surface area contributed by atoms with Crippen LogP contribution < -0.4 is 4.72 Å². The van der Waals surface area contributed by atoms with E-state index in [0.717, 1.165) is 5.56 Å². The zero-order valence-electron chi connectivity index (χ0n) is 8.04. The van der Waals surface area contributed by atoms with E-state index in [9.17, 15) is 8.42 Å². The third kappa shape index (κ3) is 2.62. The van der Waals surface area contributed by atoms with Crippen molar-refractivity contribution >= 4 is 27.3 Å². The lowest BCUT2D eigenvalue weighted by Crippen LogP contribution is -2.14. The van der Waals surface area contributed by atoms with Crippen molar-refractivity contribution in [2.45, 2.75) is 13.8 Å². The summed E-state index contributed by atoms with van der Waals surface area (Å²) in [6.45, 7) is 3.40. The van der Waals surface area contributed by atoms with E-state index in [1.54, 1.807) is 19.1 Å². The van der Waals surface area contributed by atoms with Crippen LogP contribution in [0.25, 0.3) is 0 Å². The molecule has 0 saturated carbocycles. The van der Waals surface area contributed by atoms with Crippen LogP contribution in [0, 0.1) is 6.92 Å². The minimum Gasteiger partial charge on any atom is -0.282 e. The lowest BCUT2D eigenvalue weighted by molar-refractivity contribution is 0.602. The first-order chi connectivity index (χ1) is 6.46. The molecule has 0 saturated heterocycles. The van der Waals surface area contributed by atoms with E-state index in [4.69, 9.17) is 11.6 Å².